The first-order valence-corrected chi connectivity index (χ1v) is 10.9. The molecule has 3 fully saturated rings. The second-order valence-corrected chi connectivity index (χ2v) is 10.4. The van der Waals surface area contributed by atoms with Gasteiger partial charge in [0.25, 0.3) is 0 Å². The van der Waals surface area contributed by atoms with E-state index in [1.54, 1.807) is 5.57 Å². The summed E-state index contributed by atoms with van der Waals surface area (Å²) in [5.41, 5.74) is 3.72. The van der Waals surface area contributed by atoms with Crippen LogP contribution in [0, 0.1) is 34.5 Å². The molecule has 146 valence electrons. The van der Waals surface area contributed by atoms with Crippen molar-refractivity contribution in [2.45, 2.75) is 78.2 Å². The van der Waals surface area contributed by atoms with Gasteiger partial charge in [0.15, 0.2) is 0 Å². The van der Waals surface area contributed by atoms with Crippen LogP contribution in [0.15, 0.2) is 16.8 Å². The number of allylic oxidation sites excluding steroid dienone is 1. The van der Waals surface area contributed by atoms with Crippen molar-refractivity contribution in [2.75, 3.05) is 14.1 Å². The zero-order valence-electron chi connectivity index (χ0n) is 17.5. The van der Waals surface area contributed by atoms with Crippen molar-refractivity contribution < 1.29 is 5.11 Å². The van der Waals surface area contributed by atoms with E-state index in [1.165, 1.54) is 44.2 Å². The lowest BCUT2D eigenvalue weighted by Gasteiger charge is -2.58. The minimum atomic E-state index is -0.0968. The molecule has 0 saturated heterocycles. The van der Waals surface area contributed by atoms with E-state index in [2.05, 4.69) is 26.8 Å². The van der Waals surface area contributed by atoms with Crippen molar-refractivity contribution in [1.29, 1.82) is 0 Å². The highest BCUT2D eigenvalue weighted by Crippen LogP contribution is 2.66. The molecule has 0 radical (unpaired) electrons. The van der Waals surface area contributed by atoms with Crippen molar-refractivity contribution in [3.8, 4) is 0 Å². The number of hydrogen-bond donors (Lipinski definition) is 1. The average molecular weight is 359 g/mol. The van der Waals surface area contributed by atoms with Gasteiger partial charge in [0.1, 0.15) is 0 Å². The summed E-state index contributed by atoms with van der Waals surface area (Å²) in [4.78, 5) is 0. The van der Waals surface area contributed by atoms with Crippen LogP contribution >= 0.6 is 0 Å². The second-order valence-electron chi connectivity index (χ2n) is 10.4. The highest BCUT2D eigenvalue weighted by Gasteiger charge is 2.58. The van der Waals surface area contributed by atoms with Crippen molar-refractivity contribution in [2.24, 2.45) is 39.6 Å². The Hall–Kier alpha value is -0.830. The van der Waals surface area contributed by atoms with Crippen LogP contribution in [0.4, 0.5) is 0 Å². The SMILES string of the molecule is C/C(=N/N(C)C)[C@H]1CC[C@H]2[C@@H]3CC=C4C[C@H](O)CC[C@]4(C)[C@H]3CC[C@]12C. The highest BCUT2D eigenvalue weighted by atomic mass is 16.3. The third-order valence-corrected chi connectivity index (χ3v) is 8.94. The van der Waals surface area contributed by atoms with Gasteiger partial charge in [0.2, 0.25) is 0 Å². The molecule has 0 aromatic carbocycles. The van der Waals surface area contributed by atoms with Gasteiger partial charge >= 0.3 is 0 Å². The summed E-state index contributed by atoms with van der Waals surface area (Å²) in [6, 6.07) is 0. The van der Waals surface area contributed by atoms with Crippen molar-refractivity contribution in [3.05, 3.63) is 11.6 Å². The van der Waals surface area contributed by atoms with Gasteiger partial charge < -0.3 is 10.1 Å². The van der Waals surface area contributed by atoms with Crippen LogP contribution in [0.25, 0.3) is 0 Å². The van der Waals surface area contributed by atoms with Crippen molar-refractivity contribution in [1.82, 2.24) is 5.01 Å². The first-order valence-electron chi connectivity index (χ1n) is 10.9. The third kappa shape index (κ3) is 2.68. The fourth-order valence-corrected chi connectivity index (χ4v) is 7.71. The van der Waals surface area contributed by atoms with E-state index < -0.39 is 0 Å². The van der Waals surface area contributed by atoms with E-state index in [1.807, 2.05) is 19.1 Å². The zero-order valence-corrected chi connectivity index (χ0v) is 17.5. The fourth-order valence-electron chi connectivity index (χ4n) is 7.71. The fraction of sp³-hybridized carbons (Fsp3) is 0.870. The van der Waals surface area contributed by atoms with Crippen LogP contribution in [-0.4, -0.2) is 36.0 Å². The molecular weight excluding hydrogens is 320 g/mol. The summed E-state index contributed by atoms with van der Waals surface area (Å²) < 4.78 is 0. The van der Waals surface area contributed by atoms with Gasteiger partial charge in [-0.2, -0.15) is 5.10 Å². The van der Waals surface area contributed by atoms with Crippen LogP contribution in [0.1, 0.15) is 72.1 Å². The average Bonchev–Trinajstić information content (AvgIpc) is 2.92. The van der Waals surface area contributed by atoms with E-state index in [0.29, 0.717) is 16.7 Å². The molecule has 3 saturated carbocycles. The second kappa shape index (κ2) is 6.36. The lowest BCUT2D eigenvalue weighted by atomic mass is 9.47. The lowest BCUT2D eigenvalue weighted by molar-refractivity contribution is -0.0424. The molecule has 26 heavy (non-hydrogen) atoms. The normalized spacial score (nSPS) is 48.3. The summed E-state index contributed by atoms with van der Waals surface area (Å²) in [5, 5.41) is 16.9. The molecule has 4 aliphatic rings. The number of hydrogen-bond acceptors (Lipinski definition) is 3. The third-order valence-electron chi connectivity index (χ3n) is 8.94. The molecule has 3 nitrogen and oxygen atoms in total. The minimum absolute atomic E-state index is 0.0968. The van der Waals surface area contributed by atoms with Crippen molar-refractivity contribution >= 4 is 5.71 Å². The molecule has 0 aromatic rings. The Balaban J connectivity index is 1.62. The van der Waals surface area contributed by atoms with Gasteiger partial charge in [-0.15, -0.1) is 0 Å². The lowest BCUT2D eigenvalue weighted by Crippen LogP contribution is -2.51. The number of rotatable bonds is 2. The molecule has 0 heterocycles. The molecule has 0 aromatic heterocycles. The first-order chi connectivity index (χ1) is 12.3. The van der Waals surface area contributed by atoms with E-state index in [4.69, 9.17) is 5.10 Å². The van der Waals surface area contributed by atoms with Crippen LogP contribution in [0.3, 0.4) is 0 Å². The predicted molar refractivity (Wildman–Crippen MR) is 108 cm³/mol. The van der Waals surface area contributed by atoms with E-state index >= 15 is 0 Å². The molecule has 0 amide bonds. The maximum absolute atomic E-state index is 10.2. The molecule has 0 aliphatic heterocycles. The molecule has 4 aliphatic carbocycles. The number of hydrazone groups is 1. The van der Waals surface area contributed by atoms with Crippen LogP contribution in [0.5, 0.6) is 0 Å². The standard InChI is InChI=1S/C23H38N2O/c1-15(24-25(4)5)19-8-9-20-18-7-6-16-14-17(26)10-12-22(16,2)21(18)11-13-23(19,20)3/h6,17-21,26H,7-14H2,1-5H3/b24-15-/t17-,18+,19-,20+,21+,22+,23-/m1/s1. The molecular formula is C23H38N2O. The molecule has 3 heteroatoms. The first kappa shape index (κ1) is 18.5. The molecule has 0 spiro atoms. The van der Waals surface area contributed by atoms with Gasteiger partial charge in [0.05, 0.1) is 6.10 Å². The van der Waals surface area contributed by atoms with Gasteiger partial charge in [-0.1, -0.05) is 25.5 Å². The maximum Gasteiger partial charge on any atom is 0.0577 e. The minimum Gasteiger partial charge on any atom is -0.393 e. The largest absolute Gasteiger partial charge is 0.393 e. The van der Waals surface area contributed by atoms with Crippen LogP contribution in [0.2, 0.25) is 0 Å². The molecule has 4 rings (SSSR count). The molecule has 0 unspecified atom stereocenters. The molecule has 7 atom stereocenters. The Morgan fingerprint density at radius 3 is 2.62 bits per heavy atom. The Kier molecular flexibility index (Phi) is 4.53. The number of fused-ring (bicyclic) bond motifs is 5. The number of aliphatic hydroxyl groups is 1. The Bertz CT molecular complexity index is 624. The summed E-state index contributed by atoms with van der Waals surface area (Å²) >= 11 is 0. The van der Waals surface area contributed by atoms with E-state index in [-0.39, 0.29) is 6.10 Å². The predicted octanol–water partition coefficient (Wildman–Crippen LogP) is 4.86. The Labute approximate surface area is 159 Å². The topological polar surface area (TPSA) is 35.8 Å². The van der Waals surface area contributed by atoms with Gasteiger partial charge in [-0.25, -0.2) is 0 Å². The van der Waals surface area contributed by atoms with Crippen molar-refractivity contribution in [3.63, 3.8) is 0 Å². The Morgan fingerprint density at radius 1 is 1.12 bits per heavy atom. The van der Waals surface area contributed by atoms with E-state index in [0.717, 1.165) is 30.6 Å². The van der Waals surface area contributed by atoms with Gasteiger partial charge in [0, 0.05) is 25.7 Å². The summed E-state index contributed by atoms with van der Waals surface area (Å²) in [6.45, 7) is 7.36. The summed E-state index contributed by atoms with van der Waals surface area (Å²) in [5.74, 6) is 3.18. The van der Waals surface area contributed by atoms with Gasteiger partial charge in [-0.3, -0.25) is 0 Å². The van der Waals surface area contributed by atoms with E-state index in [9.17, 15) is 5.11 Å². The van der Waals surface area contributed by atoms with Crippen LogP contribution in [-0.2, 0) is 0 Å². The smallest absolute Gasteiger partial charge is 0.0577 e. The monoisotopic (exact) mass is 358 g/mol. The molecule has 0 bridgehead atoms. The quantitative estimate of drug-likeness (QED) is 0.434. The Morgan fingerprint density at radius 2 is 1.88 bits per heavy atom. The maximum atomic E-state index is 10.2. The zero-order chi connectivity index (χ0) is 18.7. The summed E-state index contributed by atoms with van der Waals surface area (Å²) in [7, 11) is 4.09. The van der Waals surface area contributed by atoms with Crippen LogP contribution < -0.4 is 0 Å². The number of nitrogens with zero attached hydrogens (tertiary/aromatic N) is 2. The number of aliphatic hydroxyl groups excluding tert-OH is 1. The highest BCUT2D eigenvalue weighted by molar-refractivity contribution is 5.85. The van der Waals surface area contributed by atoms with Gasteiger partial charge in [-0.05, 0) is 86.9 Å². The molecule has 1 N–H and O–H groups in total. The summed E-state index contributed by atoms with van der Waals surface area (Å²) in [6.07, 6.45) is 12.2.